The van der Waals surface area contributed by atoms with Gasteiger partial charge in [0, 0.05) is 0 Å². The van der Waals surface area contributed by atoms with Gasteiger partial charge in [-0.25, -0.2) is 0 Å². The minimum Gasteiger partial charge on any atom is -0.373 e. The average Bonchev–Trinajstić information content (AvgIpc) is 2.47. The molecule has 1 saturated carbocycles. The van der Waals surface area contributed by atoms with E-state index < -0.39 is 0 Å². The third kappa shape index (κ3) is 4.07. The van der Waals surface area contributed by atoms with E-state index in [1.165, 1.54) is 43.2 Å². The zero-order chi connectivity index (χ0) is 14.5. The number of hydrogen-bond donors (Lipinski definition) is 1. The fraction of sp³-hybridized carbons (Fsp3) is 0.667. The molecular weight excluding hydrogens is 246 g/mol. The van der Waals surface area contributed by atoms with Crippen molar-refractivity contribution < 1.29 is 4.74 Å². The molecule has 1 aromatic carbocycles. The lowest BCUT2D eigenvalue weighted by molar-refractivity contribution is -0.0429. The maximum atomic E-state index is 6.35. The van der Waals surface area contributed by atoms with Crippen molar-refractivity contribution in [2.45, 2.75) is 71.1 Å². The van der Waals surface area contributed by atoms with Gasteiger partial charge < -0.3 is 10.5 Å². The summed E-state index contributed by atoms with van der Waals surface area (Å²) in [7, 11) is 0. The van der Waals surface area contributed by atoms with E-state index in [1.807, 2.05) is 0 Å². The second-order valence-electron chi connectivity index (χ2n) is 6.34. The molecule has 1 aromatic rings. The van der Waals surface area contributed by atoms with Crippen LogP contribution in [0.25, 0.3) is 0 Å². The molecule has 0 radical (unpaired) electrons. The highest BCUT2D eigenvalue weighted by Crippen LogP contribution is 2.30. The van der Waals surface area contributed by atoms with E-state index in [0.29, 0.717) is 6.10 Å². The first-order valence-corrected chi connectivity index (χ1v) is 8.07. The summed E-state index contributed by atoms with van der Waals surface area (Å²) in [4.78, 5) is 0. The van der Waals surface area contributed by atoms with E-state index in [2.05, 4.69) is 45.0 Å². The molecule has 0 spiro atoms. The third-order valence-electron chi connectivity index (χ3n) is 4.69. The van der Waals surface area contributed by atoms with Crippen molar-refractivity contribution in [2.75, 3.05) is 0 Å². The van der Waals surface area contributed by atoms with Crippen molar-refractivity contribution in [3.8, 4) is 0 Å². The highest BCUT2D eigenvalue weighted by atomic mass is 16.5. The molecule has 2 nitrogen and oxygen atoms in total. The van der Waals surface area contributed by atoms with Crippen LogP contribution >= 0.6 is 0 Å². The predicted octanol–water partition coefficient (Wildman–Crippen LogP) is 4.37. The van der Waals surface area contributed by atoms with Crippen molar-refractivity contribution in [3.63, 3.8) is 0 Å². The van der Waals surface area contributed by atoms with Gasteiger partial charge in [-0.3, -0.25) is 0 Å². The Morgan fingerprint density at radius 3 is 2.60 bits per heavy atom. The van der Waals surface area contributed by atoms with Crippen molar-refractivity contribution in [3.05, 3.63) is 35.4 Å². The maximum Gasteiger partial charge on any atom is 0.0743 e. The van der Waals surface area contributed by atoms with Crippen LogP contribution in [0.2, 0.25) is 0 Å². The zero-order valence-corrected chi connectivity index (χ0v) is 13.1. The first-order valence-electron chi connectivity index (χ1n) is 8.07. The topological polar surface area (TPSA) is 35.2 Å². The first kappa shape index (κ1) is 15.5. The molecule has 0 bridgehead atoms. The van der Waals surface area contributed by atoms with E-state index in [9.17, 15) is 0 Å². The largest absolute Gasteiger partial charge is 0.373 e. The van der Waals surface area contributed by atoms with E-state index in [1.54, 1.807) is 0 Å². The SMILES string of the molecule is CCC1CCCC(OC(C)C(N)c2ccc(C)cc2)C1. The number of nitrogens with two attached hydrogens (primary N) is 1. The molecule has 0 aromatic heterocycles. The monoisotopic (exact) mass is 275 g/mol. The minimum atomic E-state index is -0.0300. The molecule has 20 heavy (non-hydrogen) atoms. The lowest BCUT2D eigenvalue weighted by Crippen LogP contribution is -2.33. The molecule has 4 unspecified atom stereocenters. The van der Waals surface area contributed by atoms with Gasteiger partial charge in [0.15, 0.2) is 0 Å². The Morgan fingerprint density at radius 2 is 1.95 bits per heavy atom. The standard InChI is InChI=1S/C18H29NO/c1-4-15-6-5-7-17(12-15)20-14(3)18(19)16-10-8-13(2)9-11-16/h8-11,14-15,17-18H,4-7,12,19H2,1-3H3. The number of hydrogen-bond acceptors (Lipinski definition) is 2. The van der Waals surface area contributed by atoms with Crippen LogP contribution in [0.1, 0.15) is 63.1 Å². The minimum absolute atomic E-state index is 0.0300. The van der Waals surface area contributed by atoms with Gasteiger partial charge in [0.25, 0.3) is 0 Å². The van der Waals surface area contributed by atoms with Gasteiger partial charge in [-0.2, -0.15) is 0 Å². The summed E-state index contributed by atoms with van der Waals surface area (Å²) < 4.78 is 6.24. The fourth-order valence-electron chi connectivity index (χ4n) is 3.18. The number of rotatable bonds is 5. The van der Waals surface area contributed by atoms with Gasteiger partial charge in [-0.15, -0.1) is 0 Å². The second kappa shape index (κ2) is 7.24. The summed E-state index contributed by atoms with van der Waals surface area (Å²) in [5.74, 6) is 0.844. The smallest absolute Gasteiger partial charge is 0.0743 e. The van der Waals surface area contributed by atoms with Crippen LogP contribution < -0.4 is 5.73 Å². The van der Waals surface area contributed by atoms with Crippen LogP contribution in [-0.4, -0.2) is 12.2 Å². The molecule has 0 amide bonds. The van der Waals surface area contributed by atoms with Crippen LogP contribution in [0.15, 0.2) is 24.3 Å². The Morgan fingerprint density at radius 1 is 1.25 bits per heavy atom. The number of ether oxygens (including phenoxy) is 1. The van der Waals surface area contributed by atoms with Gasteiger partial charge in [-0.1, -0.05) is 56.0 Å². The van der Waals surface area contributed by atoms with Crippen LogP contribution in [0.3, 0.4) is 0 Å². The summed E-state index contributed by atoms with van der Waals surface area (Å²) in [5, 5.41) is 0. The molecule has 112 valence electrons. The number of benzene rings is 1. The Hall–Kier alpha value is -0.860. The molecule has 1 fully saturated rings. The number of aryl methyl sites for hydroxylation is 1. The molecule has 4 atom stereocenters. The van der Waals surface area contributed by atoms with Crippen molar-refractivity contribution in [1.82, 2.24) is 0 Å². The van der Waals surface area contributed by atoms with E-state index >= 15 is 0 Å². The second-order valence-corrected chi connectivity index (χ2v) is 6.34. The van der Waals surface area contributed by atoms with Gasteiger partial charge in [0.2, 0.25) is 0 Å². The van der Waals surface area contributed by atoms with E-state index in [-0.39, 0.29) is 12.1 Å². The molecule has 2 rings (SSSR count). The van der Waals surface area contributed by atoms with Crippen molar-refractivity contribution in [1.29, 1.82) is 0 Å². The fourth-order valence-corrected chi connectivity index (χ4v) is 3.18. The van der Waals surface area contributed by atoms with Crippen LogP contribution in [0.4, 0.5) is 0 Å². The van der Waals surface area contributed by atoms with Crippen molar-refractivity contribution in [2.24, 2.45) is 11.7 Å². The summed E-state index contributed by atoms with van der Waals surface area (Å²) in [6.45, 7) is 6.50. The van der Waals surface area contributed by atoms with Crippen LogP contribution in [-0.2, 0) is 4.74 Å². The Labute approximate surface area is 123 Å². The highest BCUT2D eigenvalue weighted by Gasteiger charge is 2.25. The van der Waals surface area contributed by atoms with Crippen LogP contribution in [0.5, 0.6) is 0 Å². The summed E-state index contributed by atoms with van der Waals surface area (Å²) in [6, 6.07) is 8.45. The molecule has 0 saturated heterocycles. The van der Waals surface area contributed by atoms with Gasteiger partial charge in [0.1, 0.15) is 0 Å². The first-order chi connectivity index (χ1) is 9.60. The summed E-state index contributed by atoms with van der Waals surface area (Å²) in [6.07, 6.45) is 6.84. The van der Waals surface area contributed by atoms with Gasteiger partial charge in [0.05, 0.1) is 18.2 Å². The van der Waals surface area contributed by atoms with Crippen LogP contribution in [0, 0.1) is 12.8 Å². The zero-order valence-electron chi connectivity index (χ0n) is 13.1. The summed E-state index contributed by atoms with van der Waals surface area (Å²) >= 11 is 0. The van der Waals surface area contributed by atoms with Crippen molar-refractivity contribution >= 4 is 0 Å². The van der Waals surface area contributed by atoms with Gasteiger partial charge in [-0.05, 0) is 38.2 Å². The van der Waals surface area contributed by atoms with E-state index in [4.69, 9.17) is 10.5 Å². The average molecular weight is 275 g/mol. The predicted molar refractivity (Wildman–Crippen MR) is 84.7 cm³/mol. The highest BCUT2D eigenvalue weighted by molar-refractivity contribution is 5.24. The molecule has 0 heterocycles. The molecule has 0 aliphatic heterocycles. The van der Waals surface area contributed by atoms with E-state index in [0.717, 1.165) is 5.92 Å². The Bertz CT molecular complexity index is 400. The molecule has 1 aliphatic rings. The maximum absolute atomic E-state index is 6.35. The summed E-state index contributed by atoms with van der Waals surface area (Å²) in [5.41, 5.74) is 8.79. The quantitative estimate of drug-likeness (QED) is 0.866. The molecule has 2 heteroatoms. The molecular formula is C18H29NO. The van der Waals surface area contributed by atoms with Gasteiger partial charge >= 0.3 is 0 Å². The Balaban J connectivity index is 1.90. The molecule has 1 aliphatic carbocycles. The third-order valence-corrected chi connectivity index (χ3v) is 4.69. The lowest BCUT2D eigenvalue weighted by atomic mass is 9.85. The lowest BCUT2D eigenvalue weighted by Gasteiger charge is -2.32. The Kier molecular flexibility index (Phi) is 5.62. The normalized spacial score (nSPS) is 26.2. The molecule has 2 N–H and O–H groups in total.